The number of piperidine rings is 1. The molecule has 1 saturated heterocycles. The summed E-state index contributed by atoms with van der Waals surface area (Å²) in [5.41, 5.74) is 1.03. The summed E-state index contributed by atoms with van der Waals surface area (Å²) in [6, 6.07) is 3.26. The van der Waals surface area contributed by atoms with E-state index < -0.39 is 0 Å². The summed E-state index contributed by atoms with van der Waals surface area (Å²) in [5, 5.41) is 0. The van der Waals surface area contributed by atoms with Gasteiger partial charge < -0.3 is 9.80 Å². The topological polar surface area (TPSA) is 49.3 Å². The van der Waals surface area contributed by atoms with Gasteiger partial charge in [0.15, 0.2) is 0 Å². The molecule has 2 aliphatic carbocycles. The summed E-state index contributed by atoms with van der Waals surface area (Å²) in [6.45, 7) is 3.84. The number of nitrogens with zero attached hydrogens (tertiary/aromatic N) is 4. The molecule has 3 aliphatic rings. The maximum atomic E-state index is 12.4. The van der Waals surface area contributed by atoms with Crippen molar-refractivity contribution in [2.75, 3.05) is 18.0 Å². The van der Waals surface area contributed by atoms with Crippen molar-refractivity contribution in [3.05, 3.63) is 18.1 Å². The van der Waals surface area contributed by atoms with Crippen LogP contribution in [0.25, 0.3) is 0 Å². The van der Waals surface area contributed by atoms with Gasteiger partial charge in [-0.25, -0.2) is 9.97 Å². The molecule has 1 amide bonds. The maximum Gasteiger partial charge on any atom is 0.225 e. The van der Waals surface area contributed by atoms with Crippen molar-refractivity contribution in [1.82, 2.24) is 14.9 Å². The first-order chi connectivity index (χ1) is 11.2. The molecular formula is C18H26N4O. The van der Waals surface area contributed by atoms with E-state index in [0.717, 1.165) is 50.3 Å². The second kappa shape index (κ2) is 6.10. The van der Waals surface area contributed by atoms with Gasteiger partial charge in [-0.3, -0.25) is 4.79 Å². The highest BCUT2D eigenvalue weighted by atomic mass is 16.2. The fourth-order valence-corrected chi connectivity index (χ4v) is 3.88. The van der Waals surface area contributed by atoms with Gasteiger partial charge in [-0.05, 0) is 45.4 Å². The van der Waals surface area contributed by atoms with Gasteiger partial charge in [0.05, 0.1) is 0 Å². The lowest BCUT2D eigenvalue weighted by atomic mass is 9.84. The fourth-order valence-electron chi connectivity index (χ4n) is 3.88. The zero-order chi connectivity index (χ0) is 15.8. The molecule has 0 aromatic carbocycles. The first kappa shape index (κ1) is 14.9. The molecule has 124 valence electrons. The lowest BCUT2D eigenvalue weighted by Gasteiger charge is -2.41. The Hall–Kier alpha value is -1.65. The number of hydrogen-bond acceptors (Lipinski definition) is 4. The number of aryl methyl sites for hydroxylation is 1. The minimum Gasteiger partial charge on any atom is -0.350 e. The van der Waals surface area contributed by atoms with Crippen molar-refractivity contribution >= 4 is 11.7 Å². The maximum absolute atomic E-state index is 12.4. The summed E-state index contributed by atoms with van der Waals surface area (Å²) >= 11 is 0. The number of rotatable bonds is 4. The Morgan fingerprint density at radius 1 is 1.09 bits per heavy atom. The molecule has 23 heavy (non-hydrogen) atoms. The van der Waals surface area contributed by atoms with E-state index in [1.807, 2.05) is 6.92 Å². The Balaban J connectivity index is 1.42. The largest absolute Gasteiger partial charge is 0.350 e. The average Bonchev–Trinajstić information content (AvgIpc) is 3.31. The van der Waals surface area contributed by atoms with Gasteiger partial charge in [0, 0.05) is 42.9 Å². The van der Waals surface area contributed by atoms with Crippen molar-refractivity contribution in [3.63, 3.8) is 0 Å². The summed E-state index contributed by atoms with van der Waals surface area (Å²) < 4.78 is 0. The van der Waals surface area contributed by atoms with E-state index in [9.17, 15) is 4.79 Å². The monoisotopic (exact) mass is 314 g/mol. The molecule has 0 spiro atoms. The van der Waals surface area contributed by atoms with Gasteiger partial charge in [-0.15, -0.1) is 0 Å². The van der Waals surface area contributed by atoms with Crippen LogP contribution in [0.15, 0.2) is 12.4 Å². The van der Waals surface area contributed by atoms with Crippen LogP contribution in [-0.2, 0) is 4.79 Å². The summed E-state index contributed by atoms with van der Waals surface area (Å²) in [4.78, 5) is 25.8. The molecule has 5 heteroatoms. The average molecular weight is 314 g/mol. The first-order valence-corrected chi connectivity index (χ1v) is 9.08. The van der Waals surface area contributed by atoms with E-state index in [0.29, 0.717) is 23.9 Å². The van der Waals surface area contributed by atoms with E-state index >= 15 is 0 Å². The van der Waals surface area contributed by atoms with Crippen LogP contribution in [-0.4, -0.2) is 45.9 Å². The lowest BCUT2D eigenvalue weighted by Crippen LogP contribution is -2.50. The third-order valence-corrected chi connectivity index (χ3v) is 5.62. The Bertz CT molecular complexity index is 574. The lowest BCUT2D eigenvalue weighted by molar-refractivity contribution is -0.139. The van der Waals surface area contributed by atoms with Gasteiger partial charge in [-0.1, -0.05) is 6.42 Å². The van der Waals surface area contributed by atoms with Crippen LogP contribution in [0.4, 0.5) is 5.82 Å². The molecule has 2 heterocycles. The molecule has 2 saturated carbocycles. The zero-order valence-electron chi connectivity index (χ0n) is 13.9. The quantitative estimate of drug-likeness (QED) is 0.857. The number of anilines is 1. The summed E-state index contributed by atoms with van der Waals surface area (Å²) in [6.07, 6.45) is 9.79. The van der Waals surface area contributed by atoms with Gasteiger partial charge in [-0.2, -0.15) is 0 Å². The predicted octanol–water partition coefficient (Wildman–Crippen LogP) is 2.54. The number of aromatic nitrogens is 2. The van der Waals surface area contributed by atoms with Crippen LogP contribution < -0.4 is 4.90 Å². The Morgan fingerprint density at radius 3 is 2.35 bits per heavy atom. The van der Waals surface area contributed by atoms with Gasteiger partial charge in [0.25, 0.3) is 0 Å². The summed E-state index contributed by atoms with van der Waals surface area (Å²) in [7, 11) is 0. The molecular weight excluding hydrogens is 288 g/mol. The van der Waals surface area contributed by atoms with Crippen LogP contribution in [0.2, 0.25) is 0 Å². The molecule has 1 aromatic rings. The highest BCUT2D eigenvalue weighted by Gasteiger charge is 2.38. The number of hydrogen-bond donors (Lipinski definition) is 0. The zero-order valence-corrected chi connectivity index (χ0v) is 13.9. The number of likely N-dealkylation sites (tertiary alicyclic amines) is 1. The minimum absolute atomic E-state index is 0.329. The standard InChI is InChI=1S/C18H26N4O/c1-13-11-17(20-12-19-13)22(15-5-6-15)16-7-9-21(10-8-16)18(23)14-3-2-4-14/h11-12,14-16H,2-10H2,1H3. The van der Waals surface area contributed by atoms with Crippen LogP contribution in [0.3, 0.4) is 0 Å². The van der Waals surface area contributed by atoms with Crippen molar-refractivity contribution in [1.29, 1.82) is 0 Å². The fraction of sp³-hybridized carbons (Fsp3) is 0.722. The van der Waals surface area contributed by atoms with E-state index in [1.165, 1.54) is 19.3 Å². The molecule has 0 N–H and O–H groups in total. The van der Waals surface area contributed by atoms with Crippen molar-refractivity contribution in [3.8, 4) is 0 Å². The smallest absolute Gasteiger partial charge is 0.225 e. The van der Waals surface area contributed by atoms with Crippen LogP contribution in [0.5, 0.6) is 0 Å². The van der Waals surface area contributed by atoms with Crippen molar-refractivity contribution < 1.29 is 4.79 Å². The van der Waals surface area contributed by atoms with Crippen LogP contribution in [0.1, 0.15) is 50.6 Å². The third-order valence-electron chi connectivity index (χ3n) is 5.62. The third kappa shape index (κ3) is 3.06. The molecule has 1 aliphatic heterocycles. The second-order valence-corrected chi connectivity index (χ2v) is 7.34. The predicted molar refractivity (Wildman–Crippen MR) is 89.2 cm³/mol. The van der Waals surface area contributed by atoms with E-state index in [-0.39, 0.29) is 0 Å². The summed E-state index contributed by atoms with van der Waals surface area (Å²) in [5.74, 6) is 1.81. The Kier molecular flexibility index (Phi) is 3.95. The normalized spacial score (nSPS) is 22.7. The molecule has 1 aromatic heterocycles. The Morgan fingerprint density at radius 2 is 1.78 bits per heavy atom. The highest BCUT2D eigenvalue weighted by molar-refractivity contribution is 5.79. The van der Waals surface area contributed by atoms with E-state index in [1.54, 1.807) is 6.33 Å². The van der Waals surface area contributed by atoms with Crippen LogP contribution in [0, 0.1) is 12.8 Å². The Labute approximate surface area is 138 Å². The molecule has 5 nitrogen and oxygen atoms in total. The van der Waals surface area contributed by atoms with Crippen molar-refractivity contribution in [2.45, 2.75) is 64.0 Å². The number of carbonyl (C=O) groups is 1. The highest BCUT2D eigenvalue weighted by Crippen LogP contribution is 2.36. The number of amides is 1. The second-order valence-electron chi connectivity index (χ2n) is 7.34. The molecule has 0 radical (unpaired) electrons. The first-order valence-electron chi connectivity index (χ1n) is 9.08. The molecule has 0 unspecified atom stereocenters. The van der Waals surface area contributed by atoms with Crippen LogP contribution >= 0.6 is 0 Å². The van der Waals surface area contributed by atoms with Gasteiger partial charge >= 0.3 is 0 Å². The van der Waals surface area contributed by atoms with Crippen molar-refractivity contribution in [2.24, 2.45) is 5.92 Å². The molecule has 0 atom stereocenters. The number of carbonyl (C=O) groups excluding carboxylic acids is 1. The van der Waals surface area contributed by atoms with Gasteiger partial charge in [0.2, 0.25) is 5.91 Å². The minimum atomic E-state index is 0.329. The SMILES string of the molecule is Cc1cc(N(C2CC2)C2CCN(C(=O)C3CCC3)CC2)ncn1. The van der Waals surface area contributed by atoms with E-state index in [4.69, 9.17) is 0 Å². The van der Waals surface area contributed by atoms with Gasteiger partial charge in [0.1, 0.15) is 12.1 Å². The molecule has 0 bridgehead atoms. The van der Waals surface area contributed by atoms with E-state index in [2.05, 4.69) is 25.8 Å². The molecule has 4 rings (SSSR count). The molecule has 3 fully saturated rings.